The first-order valence-electron chi connectivity index (χ1n) is 4.46. The molecule has 0 saturated carbocycles. The van der Waals surface area contributed by atoms with Gasteiger partial charge in [-0.25, -0.2) is 0 Å². The van der Waals surface area contributed by atoms with Gasteiger partial charge in [0.1, 0.15) is 0 Å². The molecular weight excluding hydrogens is 119 g/mol. The van der Waals surface area contributed by atoms with Gasteiger partial charge < -0.3 is 0 Å². The third kappa shape index (κ3) is 4.90. The molecule has 0 nitrogen and oxygen atoms in total. The van der Waals surface area contributed by atoms with Gasteiger partial charge in [0, 0.05) is 0 Å². The topological polar surface area (TPSA) is 0 Å². The van der Waals surface area contributed by atoms with Gasteiger partial charge in [-0.1, -0.05) is 52.3 Å². The van der Waals surface area contributed by atoms with E-state index in [1.165, 1.54) is 25.7 Å². The molecule has 0 aliphatic heterocycles. The molecule has 0 spiro atoms. The average Bonchev–Trinajstić information content (AvgIpc) is 1.88. The van der Waals surface area contributed by atoms with Crippen LogP contribution in [0.25, 0.3) is 0 Å². The van der Waals surface area contributed by atoms with Crippen molar-refractivity contribution in [3.05, 3.63) is 0 Å². The molecule has 0 rings (SSSR count). The lowest BCUT2D eigenvalue weighted by Gasteiger charge is -2.14. The van der Waals surface area contributed by atoms with Crippen molar-refractivity contribution in [1.82, 2.24) is 0 Å². The molecule has 2 unspecified atom stereocenters. The van der Waals surface area contributed by atoms with E-state index in [0.717, 1.165) is 5.92 Å². The van der Waals surface area contributed by atoms with Gasteiger partial charge in [-0.3, -0.25) is 0 Å². The second kappa shape index (κ2) is 5.82. The van der Waals surface area contributed by atoms with E-state index in [1.54, 1.807) is 0 Å². The number of rotatable bonds is 5. The monoisotopic (exact) mass is 138 g/mol. The minimum Gasteiger partial charge on any atom is -0.0771 e. The van der Waals surface area contributed by atoms with E-state index in [9.17, 15) is 0 Å². The van der Waals surface area contributed by atoms with Crippen molar-refractivity contribution in [1.29, 1.82) is 0 Å². The standard InChI is InChI=1S/C9H19B/c1-4-6-9(10)7-8(3)5-2/h8-9H,4-7H2,1-3H3. The lowest BCUT2D eigenvalue weighted by atomic mass is 9.77. The maximum absolute atomic E-state index is 5.86. The molecule has 0 bridgehead atoms. The summed E-state index contributed by atoms with van der Waals surface area (Å²) in [5.41, 5.74) is 0. The van der Waals surface area contributed by atoms with E-state index in [-0.39, 0.29) is 0 Å². The fourth-order valence-electron chi connectivity index (χ4n) is 1.17. The Morgan fingerprint density at radius 3 is 2.30 bits per heavy atom. The highest BCUT2D eigenvalue weighted by Gasteiger charge is 2.04. The lowest BCUT2D eigenvalue weighted by Crippen LogP contribution is -1.99. The van der Waals surface area contributed by atoms with Crippen molar-refractivity contribution in [2.75, 3.05) is 0 Å². The predicted octanol–water partition coefficient (Wildman–Crippen LogP) is 3.18. The zero-order valence-electron chi connectivity index (χ0n) is 7.56. The third-order valence-corrected chi connectivity index (χ3v) is 2.06. The van der Waals surface area contributed by atoms with Gasteiger partial charge in [0.15, 0.2) is 0 Å². The van der Waals surface area contributed by atoms with Gasteiger partial charge in [0.2, 0.25) is 0 Å². The summed E-state index contributed by atoms with van der Waals surface area (Å²) < 4.78 is 0. The molecule has 0 saturated heterocycles. The van der Waals surface area contributed by atoms with Crippen LogP contribution in [-0.4, -0.2) is 7.85 Å². The maximum atomic E-state index is 5.86. The van der Waals surface area contributed by atoms with Crippen LogP contribution >= 0.6 is 0 Å². The average molecular weight is 138 g/mol. The van der Waals surface area contributed by atoms with Crippen molar-refractivity contribution < 1.29 is 0 Å². The molecule has 0 aromatic carbocycles. The van der Waals surface area contributed by atoms with Crippen molar-refractivity contribution in [2.24, 2.45) is 5.92 Å². The molecule has 10 heavy (non-hydrogen) atoms. The van der Waals surface area contributed by atoms with Gasteiger partial charge in [-0.05, 0) is 5.92 Å². The van der Waals surface area contributed by atoms with Crippen molar-refractivity contribution >= 4 is 7.85 Å². The van der Waals surface area contributed by atoms with Crippen LogP contribution in [-0.2, 0) is 0 Å². The summed E-state index contributed by atoms with van der Waals surface area (Å²) in [6.07, 6.45) is 4.86. The van der Waals surface area contributed by atoms with Crippen LogP contribution in [0.3, 0.4) is 0 Å². The summed E-state index contributed by atoms with van der Waals surface area (Å²) in [4.78, 5) is 0. The Labute approximate surface area is 66.8 Å². The third-order valence-electron chi connectivity index (χ3n) is 2.06. The molecule has 0 heterocycles. The van der Waals surface area contributed by atoms with E-state index >= 15 is 0 Å². The van der Waals surface area contributed by atoms with E-state index < -0.39 is 0 Å². The van der Waals surface area contributed by atoms with Crippen LogP contribution in [0.5, 0.6) is 0 Å². The molecule has 0 N–H and O–H groups in total. The van der Waals surface area contributed by atoms with Crippen LogP contribution in [0.4, 0.5) is 0 Å². The van der Waals surface area contributed by atoms with Crippen LogP contribution in [0.2, 0.25) is 5.82 Å². The van der Waals surface area contributed by atoms with Gasteiger partial charge in [-0.15, -0.1) is 0 Å². The molecule has 0 aliphatic rings. The molecule has 0 amide bonds. The Hall–Kier alpha value is 0.0649. The molecule has 1 heteroatoms. The summed E-state index contributed by atoms with van der Waals surface area (Å²) in [5.74, 6) is 1.25. The Kier molecular flexibility index (Phi) is 5.86. The van der Waals surface area contributed by atoms with E-state index in [1.807, 2.05) is 0 Å². The molecule has 0 aromatic heterocycles. The highest BCUT2D eigenvalue weighted by Crippen LogP contribution is 2.20. The van der Waals surface area contributed by atoms with E-state index in [2.05, 4.69) is 20.8 Å². The molecular formula is C9H19B. The first kappa shape index (κ1) is 10.1. The molecule has 0 aliphatic carbocycles. The minimum absolute atomic E-state index is 0.444. The quantitative estimate of drug-likeness (QED) is 0.512. The Morgan fingerprint density at radius 2 is 1.90 bits per heavy atom. The zero-order chi connectivity index (χ0) is 7.98. The Morgan fingerprint density at radius 1 is 1.30 bits per heavy atom. The summed E-state index contributed by atoms with van der Waals surface area (Å²) in [6.45, 7) is 6.69. The second-order valence-electron chi connectivity index (χ2n) is 3.30. The fraction of sp³-hybridized carbons (Fsp3) is 1.00. The van der Waals surface area contributed by atoms with Crippen LogP contribution in [0.1, 0.15) is 46.5 Å². The van der Waals surface area contributed by atoms with Crippen molar-refractivity contribution in [3.8, 4) is 0 Å². The molecule has 0 fully saturated rings. The summed E-state index contributed by atoms with van der Waals surface area (Å²) in [5, 5.41) is 0. The van der Waals surface area contributed by atoms with Gasteiger partial charge >= 0.3 is 0 Å². The first-order valence-corrected chi connectivity index (χ1v) is 4.46. The second-order valence-corrected chi connectivity index (χ2v) is 3.30. The lowest BCUT2D eigenvalue weighted by molar-refractivity contribution is 0.482. The Balaban J connectivity index is 3.27. The molecule has 2 atom stereocenters. The fourth-order valence-corrected chi connectivity index (χ4v) is 1.17. The molecule has 0 aromatic rings. The van der Waals surface area contributed by atoms with Gasteiger partial charge in [0.25, 0.3) is 0 Å². The van der Waals surface area contributed by atoms with E-state index in [4.69, 9.17) is 7.85 Å². The number of hydrogen-bond donors (Lipinski definition) is 0. The molecule has 2 radical (unpaired) electrons. The smallest absolute Gasteiger partial charge is 0.0699 e. The van der Waals surface area contributed by atoms with Crippen LogP contribution in [0.15, 0.2) is 0 Å². The molecule has 58 valence electrons. The van der Waals surface area contributed by atoms with Crippen molar-refractivity contribution in [2.45, 2.75) is 52.3 Å². The minimum atomic E-state index is 0.444. The van der Waals surface area contributed by atoms with Gasteiger partial charge in [0.05, 0.1) is 7.85 Å². The highest BCUT2D eigenvalue weighted by molar-refractivity contribution is 6.11. The maximum Gasteiger partial charge on any atom is 0.0699 e. The largest absolute Gasteiger partial charge is 0.0771 e. The summed E-state index contributed by atoms with van der Waals surface area (Å²) in [7, 11) is 5.86. The van der Waals surface area contributed by atoms with Crippen molar-refractivity contribution in [3.63, 3.8) is 0 Å². The summed E-state index contributed by atoms with van der Waals surface area (Å²) in [6, 6.07) is 0. The SMILES string of the molecule is [B]C(CCC)CC(C)CC. The van der Waals surface area contributed by atoms with Crippen LogP contribution in [0, 0.1) is 5.92 Å². The normalized spacial score (nSPS) is 16.7. The predicted molar refractivity (Wildman–Crippen MR) is 48.5 cm³/mol. The number of hydrogen-bond acceptors (Lipinski definition) is 0. The summed E-state index contributed by atoms with van der Waals surface area (Å²) >= 11 is 0. The first-order chi connectivity index (χ1) is 4.70. The Bertz CT molecular complexity index is 71.1. The zero-order valence-corrected chi connectivity index (χ0v) is 7.56. The van der Waals surface area contributed by atoms with E-state index in [0.29, 0.717) is 5.82 Å². The van der Waals surface area contributed by atoms with Gasteiger partial charge in [-0.2, -0.15) is 0 Å². The van der Waals surface area contributed by atoms with Crippen LogP contribution < -0.4 is 0 Å². The highest BCUT2D eigenvalue weighted by atomic mass is 14.1.